The topological polar surface area (TPSA) is 45.1 Å². The van der Waals surface area contributed by atoms with Gasteiger partial charge < -0.3 is 14.7 Å². The second-order valence-corrected chi connectivity index (χ2v) is 4.25. The van der Waals surface area contributed by atoms with Gasteiger partial charge in [-0.05, 0) is 26.7 Å². The molecular formula is C11H20N2O2. The fourth-order valence-electron chi connectivity index (χ4n) is 2.48. The van der Waals surface area contributed by atoms with Crippen molar-refractivity contribution in [3.63, 3.8) is 0 Å². The summed E-state index contributed by atoms with van der Waals surface area (Å²) in [5.41, 5.74) is 0. The Morgan fingerprint density at radius 3 is 2.73 bits per heavy atom. The van der Waals surface area contributed by atoms with Gasteiger partial charge >= 0.3 is 0 Å². The fourth-order valence-corrected chi connectivity index (χ4v) is 2.48. The summed E-state index contributed by atoms with van der Waals surface area (Å²) >= 11 is 0. The average molecular weight is 212 g/mol. The predicted molar refractivity (Wildman–Crippen MR) is 58.8 cm³/mol. The molecule has 1 heterocycles. The first-order valence-corrected chi connectivity index (χ1v) is 5.90. The maximum Gasteiger partial charge on any atom is 0.288 e. The zero-order valence-corrected chi connectivity index (χ0v) is 9.52. The molecule has 1 aliphatic heterocycles. The average Bonchev–Trinajstić information content (AvgIpc) is 2.79. The van der Waals surface area contributed by atoms with Crippen molar-refractivity contribution in [2.24, 2.45) is 10.9 Å². The van der Waals surface area contributed by atoms with Gasteiger partial charge in [0.05, 0.1) is 6.04 Å². The van der Waals surface area contributed by atoms with Gasteiger partial charge in [0.1, 0.15) is 6.10 Å². The maximum absolute atomic E-state index is 9.21. The van der Waals surface area contributed by atoms with E-state index in [9.17, 15) is 5.11 Å². The molecule has 0 spiro atoms. The lowest BCUT2D eigenvalue weighted by molar-refractivity contribution is 0.0943. The van der Waals surface area contributed by atoms with Crippen molar-refractivity contribution in [3.05, 3.63) is 0 Å². The van der Waals surface area contributed by atoms with Crippen LogP contribution in [-0.4, -0.2) is 47.9 Å². The third-order valence-electron chi connectivity index (χ3n) is 3.46. The van der Waals surface area contributed by atoms with Crippen LogP contribution >= 0.6 is 0 Å². The van der Waals surface area contributed by atoms with Gasteiger partial charge in [-0.25, -0.2) is 4.99 Å². The number of hydrogen-bond acceptors (Lipinski definition) is 4. The molecule has 0 aromatic rings. The van der Waals surface area contributed by atoms with Gasteiger partial charge in [-0.1, -0.05) is 0 Å². The normalized spacial score (nSPS) is 33.5. The Bertz CT molecular complexity index is 251. The molecule has 2 rings (SSSR count). The number of aliphatic hydroxyl groups excluding tert-OH is 1. The molecule has 1 N–H and O–H groups in total. The van der Waals surface area contributed by atoms with E-state index in [-0.39, 0.29) is 24.7 Å². The Labute approximate surface area is 90.9 Å². The minimum atomic E-state index is 0.130. The third kappa shape index (κ3) is 1.83. The molecule has 3 unspecified atom stereocenters. The van der Waals surface area contributed by atoms with Crippen LogP contribution in [0.2, 0.25) is 0 Å². The molecule has 1 fully saturated rings. The molecule has 1 saturated carbocycles. The van der Waals surface area contributed by atoms with Crippen molar-refractivity contribution in [3.8, 4) is 0 Å². The molecule has 0 amide bonds. The highest BCUT2D eigenvalue weighted by molar-refractivity contribution is 5.76. The van der Waals surface area contributed by atoms with Gasteiger partial charge in [0.2, 0.25) is 0 Å². The van der Waals surface area contributed by atoms with Crippen LogP contribution in [-0.2, 0) is 4.74 Å². The van der Waals surface area contributed by atoms with E-state index >= 15 is 0 Å². The van der Waals surface area contributed by atoms with E-state index in [2.05, 4.69) is 23.7 Å². The van der Waals surface area contributed by atoms with Crippen molar-refractivity contribution in [2.45, 2.75) is 38.8 Å². The number of aliphatic hydroxyl groups is 1. The third-order valence-corrected chi connectivity index (χ3v) is 3.46. The molecule has 0 saturated heterocycles. The van der Waals surface area contributed by atoms with Crippen LogP contribution in [0.25, 0.3) is 0 Å². The van der Waals surface area contributed by atoms with E-state index in [4.69, 9.17) is 4.74 Å². The van der Waals surface area contributed by atoms with E-state index in [1.165, 1.54) is 0 Å². The van der Waals surface area contributed by atoms with Crippen LogP contribution in [0.15, 0.2) is 4.99 Å². The second kappa shape index (κ2) is 4.39. The highest BCUT2D eigenvalue weighted by Gasteiger charge is 2.43. The summed E-state index contributed by atoms with van der Waals surface area (Å²) < 4.78 is 5.85. The number of aliphatic imine (C=N–C) groups is 1. The minimum Gasteiger partial charge on any atom is -0.459 e. The van der Waals surface area contributed by atoms with E-state index in [1.807, 2.05) is 0 Å². The Balaban J connectivity index is 2.02. The number of fused-ring (bicyclic) bond motifs is 1. The van der Waals surface area contributed by atoms with Gasteiger partial charge in [0, 0.05) is 25.6 Å². The zero-order chi connectivity index (χ0) is 10.8. The molecule has 15 heavy (non-hydrogen) atoms. The zero-order valence-electron chi connectivity index (χ0n) is 9.52. The number of amidine groups is 1. The molecule has 86 valence electrons. The first-order valence-electron chi connectivity index (χ1n) is 5.90. The van der Waals surface area contributed by atoms with E-state index in [1.54, 1.807) is 0 Å². The smallest absolute Gasteiger partial charge is 0.288 e. The first-order chi connectivity index (χ1) is 7.30. The van der Waals surface area contributed by atoms with Gasteiger partial charge in [0.15, 0.2) is 0 Å². The quantitative estimate of drug-likeness (QED) is 0.754. The van der Waals surface area contributed by atoms with Gasteiger partial charge in [-0.15, -0.1) is 0 Å². The Hall–Kier alpha value is -0.770. The SMILES string of the molecule is CCN(CC)C1=NC2CCC(CO)C2O1. The summed E-state index contributed by atoms with van der Waals surface area (Å²) in [4.78, 5) is 6.73. The van der Waals surface area contributed by atoms with E-state index < -0.39 is 0 Å². The Kier molecular flexibility index (Phi) is 3.14. The molecule has 0 aromatic carbocycles. The standard InChI is InChI=1S/C11H20N2O2/c1-3-13(4-2)11-12-9-6-5-8(7-14)10(9)15-11/h8-10,14H,3-7H2,1-2H3. The molecule has 1 aliphatic carbocycles. The molecule has 0 aromatic heterocycles. The predicted octanol–water partition coefficient (Wildman–Crippen LogP) is 0.854. The monoisotopic (exact) mass is 212 g/mol. The van der Waals surface area contributed by atoms with Crippen LogP contribution in [0.1, 0.15) is 26.7 Å². The van der Waals surface area contributed by atoms with Gasteiger partial charge in [-0.3, -0.25) is 0 Å². The summed E-state index contributed by atoms with van der Waals surface area (Å²) in [5.74, 6) is 0.284. The van der Waals surface area contributed by atoms with Crippen LogP contribution in [0.4, 0.5) is 0 Å². The number of nitrogens with zero attached hydrogens (tertiary/aromatic N) is 2. The van der Waals surface area contributed by atoms with Crippen LogP contribution in [0.3, 0.4) is 0 Å². The van der Waals surface area contributed by atoms with Crippen molar-refractivity contribution >= 4 is 6.02 Å². The summed E-state index contributed by atoms with van der Waals surface area (Å²) in [5, 5.41) is 9.21. The summed E-state index contributed by atoms with van der Waals surface area (Å²) in [6.07, 6.45) is 2.23. The molecule has 3 atom stereocenters. The Morgan fingerprint density at radius 2 is 2.13 bits per heavy atom. The maximum atomic E-state index is 9.21. The molecule has 2 aliphatic rings. The minimum absolute atomic E-state index is 0.130. The molecule has 4 heteroatoms. The number of hydrogen-bond donors (Lipinski definition) is 1. The van der Waals surface area contributed by atoms with E-state index in [0.717, 1.165) is 32.0 Å². The summed E-state index contributed by atoms with van der Waals surface area (Å²) in [6.45, 7) is 6.29. The highest BCUT2D eigenvalue weighted by atomic mass is 16.5. The lowest BCUT2D eigenvalue weighted by Gasteiger charge is -2.22. The molecule has 4 nitrogen and oxygen atoms in total. The van der Waals surface area contributed by atoms with Crippen molar-refractivity contribution < 1.29 is 9.84 Å². The molecule has 0 radical (unpaired) electrons. The summed E-state index contributed by atoms with van der Waals surface area (Å²) in [7, 11) is 0. The fraction of sp³-hybridized carbons (Fsp3) is 0.909. The van der Waals surface area contributed by atoms with Crippen molar-refractivity contribution in [1.29, 1.82) is 0 Å². The van der Waals surface area contributed by atoms with Gasteiger partial charge in [0.25, 0.3) is 6.02 Å². The van der Waals surface area contributed by atoms with Gasteiger partial charge in [-0.2, -0.15) is 0 Å². The Morgan fingerprint density at radius 1 is 1.40 bits per heavy atom. The van der Waals surface area contributed by atoms with Crippen LogP contribution < -0.4 is 0 Å². The highest BCUT2D eigenvalue weighted by Crippen LogP contribution is 2.35. The lowest BCUT2D eigenvalue weighted by Crippen LogP contribution is -2.34. The first kappa shape index (κ1) is 10.7. The summed E-state index contributed by atoms with van der Waals surface area (Å²) in [6, 6.07) is 1.07. The molecular weight excluding hydrogens is 192 g/mol. The lowest BCUT2D eigenvalue weighted by atomic mass is 10.1. The largest absolute Gasteiger partial charge is 0.459 e. The van der Waals surface area contributed by atoms with Crippen molar-refractivity contribution in [2.75, 3.05) is 19.7 Å². The number of rotatable bonds is 3. The number of ether oxygens (including phenoxy) is 1. The molecule has 0 bridgehead atoms. The van der Waals surface area contributed by atoms with Crippen LogP contribution in [0, 0.1) is 5.92 Å². The van der Waals surface area contributed by atoms with Crippen LogP contribution in [0.5, 0.6) is 0 Å². The second-order valence-electron chi connectivity index (χ2n) is 4.25. The van der Waals surface area contributed by atoms with E-state index in [0.29, 0.717) is 0 Å². The van der Waals surface area contributed by atoms with Crippen molar-refractivity contribution in [1.82, 2.24) is 4.90 Å².